The summed E-state index contributed by atoms with van der Waals surface area (Å²) in [6.45, 7) is 5.76. The van der Waals surface area contributed by atoms with Crippen molar-refractivity contribution in [3.05, 3.63) is 28.2 Å². The van der Waals surface area contributed by atoms with Gasteiger partial charge in [-0.25, -0.2) is 4.98 Å². The van der Waals surface area contributed by atoms with Crippen LogP contribution >= 0.6 is 22.9 Å². The number of fused-ring (bicyclic) bond motifs is 1. The molecule has 108 valence electrons. The Balaban J connectivity index is 2.15. The lowest BCUT2D eigenvalue weighted by molar-refractivity contribution is -0.123. The van der Waals surface area contributed by atoms with Crippen LogP contribution < -0.4 is 11.1 Å². The van der Waals surface area contributed by atoms with Crippen LogP contribution in [0, 0.1) is 5.92 Å². The molecule has 0 aliphatic carbocycles. The van der Waals surface area contributed by atoms with Gasteiger partial charge in [-0.2, -0.15) is 0 Å². The Labute approximate surface area is 127 Å². The molecule has 0 spiro atoms. The number of benzene rings is 1. The van der Waals surface area contributed by atoms with Gasteiger partial charge in [0.25, 0.3) is 0 Å². The van der Waals surface area contributed by atoms with Crippen LogP contribution in [0.2, 0.25) is 5.02 Å². The van der Waals surface area contributed by atoms with Crippen LogP contribution in [-0.2, 0) is 4.79 Å². The Morgan fingerprint density at radius 3 is 2.75 bits per heavy atom. The molecule has 0 aliphatic rings. The maximum absolute atomic E-state index is 12.0. The minimum absolute atomic E-state index is 0.108. The molecule has 0 aliphatic heterocycles. The summed E-state index contributed by atoms with van der Waals surface area (Å²) in [5.74, 6) is -0.0406. The molecule has 1 aromatic carbocycles. The maximum atomic E-state index is 12.0. The Hall–Kier alpha value is -1.17. The van der Waals surface area contributed by atoms with E-state index in [0.717, 1.165) is 15.2 Å². The fraction of sp³-hybridized carbons (Fsp3) is 0.429. The van der Waals surface area contributed by atoms with Gasteiger partial charge in [-0.15, -0.1) is 11.3 Å². The van der Waals surface area contributed by atoms with Crippen molar-refractivity contribution in [2.45, 2.75) is 32.9 Å². The minimum atomic E-state index is -0.499. The van der Waals surface area contributed by atoms with Crippen LogP contribution in [0.15, 0.2) is 18.2 Å². The van der Waals surface area contributed by atoms with Gasteiger partial charge in [-0.1, -0.05) is 25.4 Å². The average molecular weight is 312 g/mol. The van der Waals surface area contributed by atoms with Crippen LogP contribution in [-0.4, -0.2) is 16.9 Å². The van der Waals surface area contributed by atoms with Gasteiger partial charge < -0.3 is 11.1 Å². The second-order valence-corrected chi connectivity index (χ2v) is 6.66. The number of hydrogen-bond donors (Lipinski definition) is 2. The smallest absolute Gasteiger partial charge is 0.237 e. The molecule has 1 amide bonds. The number of aromatic nitrogens is 1. The van der Waals surface area contributed by atoms with E-state index in [-0.39, 0.29) is 17.9 Å². The summed E-state index contributed by atoms with van der Waals surface area (Å²) in [4.78, 5) is 16.5. The molecule has 4 nitrogen and oxygen atoms in total. The number of hydrogen-bond acceptors (Lipinski definition) is 4. The van der Waals surface area contributed by atoms with Crippen molar-refractivity contribution in [3.8, 4) is 0 Å². The van der Waals surface area contributed by atoms with E-state index in [4.69, 9.17) is 17.3 Å². The maximum Gasteiger partial charge on any atom is 0.237 e. The van der Waals surface area contributed by atoms with Crippen molar-refractivity contribution in [2.24, 2.45) is 11.7 Å². The van der Waals surface area contributed by atoms with Crippen molar-refractivity contribution in [2.75, 3.05) is 0 Å². The summed E-state index contributed by atoms with van der Waals surface area (Å²) in [5, 5.41) is 4.42. The lowest BCUT2D eigenvalue weighted by Gasteiger charge is -2.18. The first-order chi connectivity index (χ1) is 9.38. The molecule has 1 aromatic heterocycles. The quantitative estimate of drug-likeness (QED) is 0.911. The van der Waals surface area contributed by atoms with E-state index >= 15 is 0 Å². The molecule has 0 fully saturated rings. The third-order valence-electron chi connectivity index (χ3n) is 3.12. The zero-order valence-electron chi connectivity index (χ0n) is 11.7. The number of amides is 1. The summed E-state index contributed by atoms with van der Waals surface area (Å²) in [5.41, 5.74) is 6.69. The molecule has 0 bridgehead atoms. The highest BCUT2D eigenvalue weighted by molar-refractivity contribution is 7.18. The van der Waals surface area contributed by atoms with E-state index in [1.165, 1.54) is 0 Å². The Bertz CT molecular complexity index is 626. The molecular formula is C14H18ClN3OS. The van der Waals surface area contributed by atoms with Crippen molar-refractivity contribution >= 4 is 39.1 Å². The van der Waals surface area contributed by atoms with Crippen LogP contribution in [0.4, 0.5) is 0 Å². The summed E-state index contributed by atoms with van der Waals surface area (Å²) in [6.07, 6.45) is 0. The second-order valence-electron chi connectivity index (χ2n) is 5.16. The first-order valence-electron chi connectivity index (χ1n) is 6.50. The molecule has 1 heterocycles. The molecule has 0 saturated heterocycles. The number of nitrogens with two attached hydrogens (primary N) is 1. The average Bonchev–Trinajstić information content (AvgIpc) is 2.80. The van der Waals surface area contributed by atoms with Gasteiger partial charge in [-0.05, 0) is 31.0 Å². The Morgan fingerprint density at radius 1 is 1.40 bits per heavy atom. The minimum Gasteiger partial charge on any atom is -0.346 e. The number of rotatable bonds is 4. The van der Waals surface area contributed by atoms with Gasteiger partial charge in [-0.3, -0.25) is 4.79 Å². The monoisotopic (exact) mass is 311 g/mol. The van der Waals surface area contributed by atoms with Crippen molar-refractivity contribution in [3.63, 3.8) is 0 Å². The number of carbonyl (C=O) groups is 1. The molecular weight excluding hydrogens is 294 g/mol. The van der Waals surface area contributed by atoms with Gasteiger partial charge in [0.1, 0.15) is 5.01 Å². The zero-order chi connectivity index (χ0) is 14.9. The highest BCUT2D eigenvalue weighted by Gasteiger charge is 2.21. The van der Waals surface area contributed by atoms with Gasteiger partial charge in [0.15, 0.2) is 0 Å². The SMILES string of the molecule is CC(NC(=O)[C@@H](N)C(C)C)c1nc2cc(Cl)ccc2s1. The number of nitrogens with one attached hydrogen (secondary N) is 1. The van der Waals surface area contributed by atoms with E-state index in [0.29, 0.717) is 5.02 Å². The largest absolute Gasteiger partial charge is 0.346 e. The van der Waals surface area contributed by atoms with Crippen LogP contribution in [0.25, 0.3) is 10.2 Å². The predicted molar refractivity (Wildman–Crippen MR) is 84.0 cm³/mol. The Morgan fingerprint density at radius 2 is 2.10 bits per heavy atom. The highest BCUT2D eigenvalue weighted by atomic mass is 35.5. The van der Waals surface area contributed by atoms with Crippen LogP contribution in [0.1, 0.15) is 31.8 Å². The normalized spacial score (nSPS) is 14.5. The predicted octanol–water partition coefficient (Wildman–Crippen LogP) is 3.11. The summed E-state index contributed by atoms with van der Waals surface area (Å²) in [7, 11) is 0. The third kappa shape index (κ3) is 3.29. The van der Waals surface area contributed by atoms with E-state index in [1.807, 2.05) is 39.0 Å². The summed E-state index contributed by atoms with van der Waals surface area (Å²) < 4.78 is 1.05. The molecule has 0 saturated carbocycles. The first kappa shape index (κ1) is 15.2. The lowest BCUT2D eigenvalue weighted by atomic mass is 10.0. The van der Waals surface area contributed by atoms with Crippen molar-refractivity contribution < 1.29 is 4.79 Å². The summed E-state index contributed by atoms with van der Waals surface area (Å²) in [6, 6.07) is 4.94. The fourth-order valence-corrected chi connectivity index (χ4v) is 2.89. The first-order valence-corrected chi connectivity index (χ1v) is 7.70. The lowest BCUT2D eigenvalue weighted by Crippen LogP contribution is -2.44. The van der Waals surface area contributed by atoms with Crippen LogP contribution in [0.3, 0.4) is 0 Å². The van der Waals surface area contributed by atoms with E-state index in [2.05, 4.69) is 10.3 Å². The van der Waals surface area contributed by atoms with E-state index in [9.17, 15) is 4.79 Å². The number of thiazole rings is 1. The molecule has 20 heavy (non-hydrogen) atoms. The molecule has 2 rings (SSSR count). The zero-order valence-corrected chi connectivity index (χ0v) is 13.3. The third-order valence-corrected chi connectivity index (χ3v) is 4.57. The fourth-order valence-electron chi connectivity index (χ4n) is 1.78. The molecule has 3 N–H and O–H groups in total. The van der Waals surface area contributed by atoms with Crippen molar-refractivity contribution in [1.29, 1.82) is 0 Å². The number of carbonyl (C=O) groups excluding carboxylic acids is 1. The van der Waals surface area contributed by atoms with Crippen molar-refractivity contribution in [1.82, 2.24) is 10.3 Å². The highest BCUT2D eigenvalue weighted by Crippen LogP contribution is 2.28. The van der Waals surface area contributed by atoms with E-state index in [1.54, 1.807) is 11.3 Å². The van der Waals surface area contributed by atoms with Gasteiger partial charge in [0.2, 0.25) is 5.91 Å². The molecule has 0 radical (unpaired) electrons. The van der Waals surface area contributed by atoms with E-state index < -0.39 is 6.04 Å². The standard InChI is InChI=1S/C14H18ClN3OS/c1-7(2)12(16)13(19)17-8(3)14-18-10-6-9(15)4-5-11(10)20-14/h4-8,12H,16H2,1-3H3,(H,17,19)/t8?,12-/m0/s1. The number of nitrogens with zero attached hydrogens (tertiary/aromatic N) is 1. The van der Waals surface area contributed by atoms with Gasteiger partial charge >= 0.3 is 0 Å². The molecule has 2 atom stereocenters. The molecule has 2 aromatic rings. The van der Waals surface area contributed by atoms with Gasteiger partial charge in [0.05, 0.1) is 22.3 Å². The molecule has 6 heteroatoms. The summed E-state index contributed by atoms with van der Waals surface area (Å²) >= 11 is 7.50. The topological polar surface area (TPSA) is 68.0 Å². The van der Waals surface area contributed by atoms with Gasteiger partial charge in [0, 0.05) is 5.02 Å². The van der Waals surface area contributed by atoms with Crippen LogP contribution in [0.5, 0.6) is 0 Å². The Kier molecular flexibility index (Phi) is 4.62. The number of halogens is 1. The second kappa shape index (κ2) is 6.08. The molecule has 1 unspecified atom stereocenters.